The van der Waals surface area contributed by atoms with E-state index in [9.17, 15) is 0 Å². The first-order valence-electron chi connectivity index (χ1n) is 33.3. The van der Waals surface area contributed by atoms with E-state index in [4.69, 9.17) is 4.74 Å². The van der Waals surface area contributed by atoms with Crippen molar-refractivity contribution in [3.8, 4) is 44.9 Å². The highest BCUT2D eigenvalue weighted by molar-refractivity contribution is 8.00. The highest BCUT2D eigenvalue weighted by Crippen LogP contribution is 2.59. The van der Waals surface area contributed by atoms with E-state index in [-0.39, 0.29) is 12.1 Å². The summed E-state index contributed by atoms with van der Waals surface area (Å²) in [5.74, 6) is 1.68. The third-order valence-electron chi connectivity index (χ3n) is 20.1. The average Bonchev–Trinajstić information content (AvgIpc) is 0.417. The van der Waals surface area contributed by atoms with Crippen LogP contribution in [0, 0.1) is 0 Å². The summed E-state index contributed by atoms with van der Waals surface area (Å²) in [6.45, 7) is 6.89. The quantitative estimate of drug-likeness (QED) is 0.139. The molecule has 0 bridgehead atoms. The van der Waals surface area contributed by atoms with Gasteiger partial charge in [0.15, 0.2) is 0 Å². The predicted octanol–water partition coefficient (Wildman–Crippen LogP) is 23.1. The van der Waals surface area contributed by atoms with E-state index in [2.05, 4.69) is 357 Å². The van der Waals surface area contributed by atoms with Gasteiger partial charge in [-0.05, 0) is 164 Å². The summed E-state index contributed by atoms with van der Waals surface area (Å²) >= 11 is 5.59. The molecule has 5 aliphatic heterocycles. The first-order valence-corrected chi connectivity index (χ1v) is 35.8. The van der Waals surface area contributed by atoms with Crippen LogP contribution in [0.3, 0.4) is 0 Å². The Morgan fingerprint density at radius 2 is 0.784 bits per heavy atom. The van der Waals surface area contributed by atoms with Crippen LogP contribution in [0.1, 0.15) is 48.6 Å². The van der Waals surface area contributed by atoms with Crippen molar-refractivity contribution >= 4 is 110 Å². The molecule has 0 N–H and O–H groups in total. The van der Waals surface area contributed by atoms with Gasteiger partial charge in [-0.25, -0.2) is 0 Å². The van der Waals surface area contributed by atoms with Gasteiger partial charge in [-0.15, -0.1) is 0 Å². The van der Waals surface area contributed by atoms with E-state index in [1.165, 1.54) is 85.0 Å². The van der Waals surface area contributed by atoms with Crippen molar-refractivity contribution in [2.24, 2.45) is 0 Å². The maximum atomic E-state index is 7.30. The fourth-order valence-corrected chi connectivity index (χ4v) is 19.1. The minimum atomic E-state index is -0.668. The zero-order chi connectivity index (χ0) is 64.5. The monoisotopic (exact) mass is 1300 g/mol. The minimum Gasteiger partial charge on any atom is -0.457 e. The summed E-state index contributed by atoms with van der Waals surface area (Å²) in [6, 6.07) is 120. The molecule has 0 aliphatic carbocycles. The molecule has 0 unspecified atom stereocenters. The molecule has 0 saturated carbocycles. The van der Waals surface area contributed by atoms with E-state index in [0.717, 1.165) is 84.7 Å². The molecule has 0 radical (unpaired) electrons. The van der Waals surface area contributed by atoms with Crippen LogP contribution in [0.15, 0.2) is 351 Å². The van der Waals surface area contributed by atoms with Gasteiger partial charge in [-0.2, -0.15) is 0 Å². The second-order valence-electron chi connectivity index (χ2n) is 26.7. The van der Waals surface area contributed by atoms with Crippen molar-refractivity contribution in [2.75, 3.05) is 14.7 Å². The third-order valence-corrected chi connectivity index (χ3v) is 23.5. The first kappa shape index (κ1) is 57.8. The van der Waals surface area contributed by atoms with Gasteiger partial charge >= 0.3 is 0 Å². The van der Waals surface area contributed by atoms with Crippen molar-refractivity contribution in [3.63, 3.8) is 0 Å². The van der Waals surface area contributed by atoms with Gasteiger partial charge in [0, 0.05) is 74.4 Å². The van der Waals surface area contributed by atoms with Crippen molar-refractivity contribution in [1.82, 2.24) is 0 Å². The van der Waals surface area contributed by atoms with E-state index >= 15 is 0 Å². The second kappa shape index (κ2) is 22.8. The minimum absolute atomic E-state index is 0.146. The standard InChI is InChI=1S/C89H62BN3OS3/c1-88(2,3)63-53-66(57-26-8-4-9-27-57)87(67(54-63)58-28-10-5-11-29-58)93-76-55-64(91-72-35-17-22-40-80(72)95-81-41-23-18-36-73(81)91)45-48-70(76)90-71-49-46-65(92-74-37-19-24-42-82(74)96-83-43-25-20-38-75(83)92)56-84(71)97-85-52-60(50-77(93)86(85)90)59-44-47-69-79(51-59)94-78-39-21-16-34-68(78)89(69,61-30-12-6-13-31-61)62-32-14-7-15-33-62/h4-56H,1-3H3. The number of nitrogens with zero attached hydrogens (tertiary/aromatic N) is 3. The van der Waals surface area contributed by atoms with Crippen molar-refractivity contribution in [3.05, 3.63) is 349 Å². The van der Waals surface area contributed by atoms with E-state index in [1.807, 2.05) is 35.3 Å². The smallest absolute Gasteiger partial charge is 0.249 e. The van der Waals surface area contributed by atoms with Crippen LogP contribution in [-0.2, 0) is 10.8 Å². The topological polar surface area (TPSA) is 19.0 Å². The highest BCUT2D eigenvalue weighted by Gasteiger charge is 2.47. The SMILES string of the molecule is CC(C)(C)c1cc(-c2ccccc2)c(N2c3cc(N4c5ccccc5Sc5ccccc54)ccc3B3c4ccc(N5c6ccccc6Sc6ccccc65)cc4Sc4cc(-c5ccc6c(c5)Oc5ccccc5C6(c5ccccc5)c5ccccc5)cc2c43)c(-c2ccccc2)c1. The molecule has 14 aromatic rings. The lowest BCUT2D eigenvalue weighted by Crippen LogP contribution is -2.60. The van der Waals surface area contributed by atoms with Crippen LogP contribution in [0.25, 0.3) is 33.4 Å². The first-order chi connectivity index (χ1) is 47.7. The van der Waals surface area contributed by atoms with Crippen LogP contribution in [-0.4, -0.2) is 6.71 Å². The van der Waals surface area contributed by atoms with Crippen LogP contribution < -0.4 is 35.8 Å². The largest absolute Gasteiger partial charge is 0.457 e. The van der Waals surface area contributed by atoms with E-state index < -0.39 is 5.41 Å². The van der Waals surface area contributed by atoms with E-state index in [0.29, 0.717) is 0 Å². The molecule has 5 aliphatic rings. The fraction of sp³-hybridized carbons (Fsp3) is 0.0562. The number of ether oxygens (including phenoxy) is 1. The Bertz CT molecular complexity index is 5310. The maximum absolute atomic E-state index is 7.30. The summed E-state index contributed by atoms with van der Waals surface area (Å²) in [4.78, 5) is 15.0. The molecule has 0 aromatic heterocycles. The molecule has 5 heterocycles. The van der Waals surface area contributed by atoms with E-state index in [1.54, 1.807) is 0 Å². The summed E-state index contributed by atoms with van der Waals surface area (Å²) in [5.41, 5.74) is 25.9. The lowest BCUT2D eigenvalue weighted by Gasteiger charge is -2.43. The number of para-hydroxylation sites is 5. The van der Waals surface area contributed by atoms with Crippen LogP contribution in [0.5, 0.6) is 11.5 Å². The Balaban J connectivity index is 0.910. The molecule has 0 saturated heterocycles. The molecule has 19 rings (SSSR count). The van der Waals surface area contributed by atoms with Gasteiger partial charge < -0.3 is 19.4 Å². The van der Waals surface area contributed by atoms with Crippen molar-refractivity contribution in [1.29, 1.82) is 0 Å². The lowest BCUT2D eigenvalue weighted by atomic mass is 9.34. The Hall–Kier alpha value is -10.6. The van der Waals surface area contributed by atoms with Gasteiger partial charge in [0.1, 0.15) is 11.5 Å². The third kappa shape index (κ3) is 9.25. The molecule has 14 aromatic carbocycles. The Morgan fingerprint density at radius 1 is 0.320 bits per heavy atom. The molecular weight excluding hydrogens is 1230 g/mol. The molecule has 460 valence electrons. The Kier molecular flexibility index (Phi) is 13.6. The fourth-order valence-electron chi connectivity index (χ4n) is 15.7. The second-order valence-corrected chi connectivity index (χ2v) is 29.9. The highest BCUT2D eigenvalue weighted by atomic mass is 32.2. The average molecular weight is 1300 g/mol. The van der Waals surface area contributed by atoms with Gasteiger partial charge in [-0.3, -0.25) is 0 Å². The molecule has 0 fully saturated rings. The molecule has 97 heavy (non-hydrogen) atoms. The van der Waals surface area contributed by atoms with Gasteiger partial charge in [0.2, 0.25) is 6.71 Å². The van der Waals surface area contributed by atoms with Crippen molar-refractivity contribution < 1.29 is 4.74 Å². The van der Waals surface area contributed by atoms with Crippen LogP contribution >= 0.6 is 35.3 Å². The Labute approximate surface area is 580 Å². The van der Waals surface area contributed by atoms with Gasteiger partial charge in [0.25, 0.3) is 0 Å². The number of hydrogen-bond acceptors (Lipinski definition) is 7. The number of anilines is 9. The zero-order valence-electron chi connectivity index (χ0n) is 53.7. The lowest BCUT2D eigenvalue weighted by molar-refractivity contribution is 0.434. The van der Waals surface area contributed by atoms with Gasteiger partial charge in [-0.1, -0.05) is 274 Å². The van der Waals surface area contributed by atoms with Crippen molar-refractivity contribution in [2.45, 2.75) is 61.0 Å². The summed E-state index contributed by atoms with van der Waals surface area (Å²) in [5, 5.41) is 0. The predicted molar refractivity (Wildman–Crippen MR) is 407 cm³/mol. The number of benzene rings is 14. The number of hydrogen-bond donors (Lipinski definition) is 0. The van der Waals surface area contributed by atoms with Gasteiger partial charge in [0.05, 0.1) is 33.9 Å². The number of rotatable bonds is 8. The molecule has 0 amide bonds. The van der Waals surface area contributed by atoms with Crippen LogP contribution in [0.2, 0.25) is 0 Å². The molecule has 0 atom stereocenters. The molecule has 4 nitrogen and oxygen atoms in total. The molecule has 0 spiro atoms. The summed E-state index contributed by atoms with van der Waals surface area (Å²) in [6.07, 6.45) is 0. The molecule has 8 heteroatoms. The summed E-state index contributed by atoms with van der Waals surface area (Å²) in [7, 11) is 0. The maximum Gasteiger partial charge on any atom is 0.249 e. The summed E-state index contributed by atoms with van der Waals surface area (Å²) < 4.78 is 7.30. The van der Waals surface area contributed by atoms with Crippen LogP contribution in [0.4, 0.5) is 51.2 Å². The molecular formula is C89H62BN3OS3. The normalized spacial score (nSPS) is 14.1. The Morgan fingerprint density at radius 3 is 1.33 bits per heavy atom. The number of fused-ring (bicyclic) bond motifs is 10. The zero-order valence-corrected chi connectivity index (χ0v) is 56.1.